The van der Waals surface area contributed by atoms with E-state index in [0.717, 1.165) is 5.56 Å². The lowest BCUT2D eigenvalue weighted by Gasteiger charge is -2.03. The van der Waals surface area contributed by atoms with Gasteiger partial charge < -0.3 is 15.4 Å². The first-order chi connectivity index (χ1) is 5.77. The van der Waals surface area contributed by atoms with E-state index >= 15 is 0 Å². The summed E-state index contributed by atoms with van der Waals surface area (Å²) in [5.41, 5.74) is 3.21. The zero-order valence-electron chi connectivity index (χ0n) is 6.49. The minimum absolute atomic E-state index is 0.0465. The molecular weight excluding hydrogens is 158 g/mol. The molecule has 0 aliphatic heterocycles. The first-order valence-electron chi connectivity index (χ1n) is 3.56. The number of aliphatic hydroxyl groups excluding tert-OH is 1. The molecule has 0 fully saturated rings. The lowest BCUT2D eigenvalue weighted by Crippen LogP contribution is -2.05. The van der Waals surface area contributed by atoms with Crippen LogP contribution in [0.5, 0.6) is 5.75 Å². The molecule has 0 spiro atoms. The van der Waals surface area contributed by atoms with E-state index in [4.69, 9.17) is 10.3 Å². The molecule has 0 atom stereocenters. The number of nitrogens with one attached hydrogen (secondary N) is 1. The van der Waals surface area contributed by atoms with Crippen LogP contribution < -0.4 is 5.48 Å². The fourth-order valence-corrected chi connectivity index (χ4v) is 0.944. The highest BCUT2D eigenvalue weighted by molar-refractivity contribution is 5.35. The summed E-state index contributed by atoms with van der Waals surface area (Å²) in [6.45, 7) is 0.0952. The molecular formula is C8H11NO3. The summed E-state index contributed by atoms with van der Waals surface area (Å²) >= 11 is 0. The number of hydroxylamine groups is 1. The number of hydrogen-bond donors (Lipinski definition) is 4. The smallest absolute Gasteiger partial charge is 0.121 e. The van der Waals surface area contributed by atoms with E-state index in [1.165, 1.54) is 6.07 Å². The van der Waals surface area contributed by atoms with E-state index < -0.39 is 0 Å². The largest absolute Gasteiger partial charge is 0.508 e. The van der Waals surface area contributed by atoms with Crippen LogP contribution in [-0.2, 0) is 13.2 Å². The van der Waals surface area contributed by atoms with Gasteiger partial charge in [-0.15, -0.1) is 0 Å². The van der Waals surface area contributed by atoms with Crippen molar-refractivity contribution in [2.24, 2.45) is 0 Å². The van der Waals surface area contributed by atoms with E-state index in [0.29, 0.717) is 5.56 Å². The van der Waals surface area contributed by atoms with E-state index in [9.17, 15) is 5.11 Å². The van der Waals surface area contributed by atoms with Gasteiger partial charge in [-0.25, -0.2) is 5.48 Å². The predicted molar refractivity (Wildman–Crippen MR) is 42.7 cm³/mol. The summed E-state index contributed by atoms with van der Waals surface area (Å²) in [4.78, 5) is 0. The number of hydrogen-bond acceptors (Lipinski definition) is 4. The van der Waals surface area contributed by atoms with Gasteiger partial charge in [0.05, 0.1) is 6.61 Å². The van der Waals surface area contributed by atoms with Gasteiger partial charge in [-0.1, -0.05) is 12.1 Å². The second-order valence-electron chi connectivity index (χ2n) is 2.46. The molecule has 0 radical (unpaired) electrons. The molecule has 0 aliphatic rings. The monoisotopic (exact) mass is 169 g/mol. The first-order valence-corrected chi connectivity index (χ1v) is 3.56. The number of aliphatic hydroxyl groups is 1. The van der Waals surface area contributed by atoms with Crippen molar-refractivity contribution in [3.05, 3.63) is 29.3 Å². The van der Waals surface area contributed by atoms with Gasteiger partial charge >= 0.3 is 0 Å². The standard InChI is InChI=1S/C8H11NO3/c10-5-7-2-1-6(4-9-12)3-8(7)11/h1-3,9-12H,4-5H2. The fourth-order valence-electron chi connectivity index (χ4n) is 0.944. The van der Waals surface area contributed by atoms with Crippen molar-refractivity contribution >= 4 is 0 Å². The van der Waals surface area contributed by atoms with Crippen molar-refractivity contribution in [3.8, 4) is 5.75 Å². The van der Waals surface area contributed by atoms with Crippen LogP contribution >= 0.6 is 0 Å². The minimum atomic E-state index is -0.182. The fraction of sp³-hybridized carbons (Fsp3) is 0.250. The summed E-state index contributed by atoms with van der Waals surface area (Å²) in [7, 11) is 0. The van der Waals surface area contributed by atoms with Gasteiger partial charge in [0, 0.05) is 12.1 Å². The van der Waals surface area contributed by atoms with Crippen LogP contribution in [0.2, 0.25) is 0 Å². The molecule has 4 N–H and O–H groups in total. The van der Waals surface area contributed by atoms with Crippen molar-refractivity contribution in [2.45, 2.75) is 13.2 Å². The minimum Gasteiger partial charge on any atom is -0.508 e. The highest BCUT2D eigenvalue weighted by Crippen LogP contribution is 2.18. The van der Waals surface area contributed by atoms with Gasteiger partial charge in [-0.3, -0.25) is 0 Å². The number of aromatic hydroxyl groups is 1. The molecule has 12 heavy (non-hydrogen) atoms. The average Bonchev–Trinajstić information content (AvgIpc) is 2.05. The Morgan fingerprint density at radius 3 is 2.58 bits per heavy atom. The third kappa shape index (κ3) is 1.94. The molecule has 0 aromatic heterocycles. The number of phenols is 1. The lowest BCUT2D eigenvalue weighted by atomic mass is 10.1. The Morgan fingerprint density at radius 1 is 1.33 bits per heavy atom. The van der Waals surface area contributed by atoms with Crippen LogP contribution in [0, 0.1) is 0 Å². The number of benzene rings is 1. The van der Waals surface area contributed by atoms with Crippen LogP contribution in [0.15, 0.2) is 18.2 Å². The van der Waals surface area contributed by atoms with Crippen molar-refractivity contribution in [2.75, 3.05) is 0 Å². The summed E-state index contributed by atoms with van der Waals surface area (Å²) in [6, 6.07) is 4.82. The summed E-state index contributed by atoms with van der Waals surface area (Å²) in [6.07, 6.45) is 0. The molecule has 0 unspecified atom stereocenters. The Balaban J connectivity index is 2.86. The quantitative estimate of drug-likeness (QED) is 0.493. The molecule has 0 amide bonds. The van der Waals surface area contributed by atoms with Crippen molar-refractivity contribution < 1.29 is 15.4 Å². The van der Waals surface area contributed by atoms with Crippen LogP contribution in [0.1, 0.15) is 11.1 Å². The Hall–Kier alpha value is -1.10. The van der Waals surface area contributed by atoms with Gasteiger partial charge in [0.2, 0.25) is 0 Å². The van der Waals surface area contributed by atoms with Crippen molar-refractivity contribution in [1.82, 2.24) is 5.48 Å². The Morgan fingerprint density at radius 2 is 2.08 bits per heavy atom. The van der Waals surface area contributed by atoms with Crippen molar-refractivity contribution in [1.29, 1.82) is 0 Å². The highest BCUT2D eigenvalue weighted by atomic mass is 16.5. The van der Waals surface area contributed by atoms with Crippen LogP contribution in [-0.4, -0.2) is 15.4 Å². The normalized spacial score (nSPS) is 10.2. The van der Waals surface area contributed by atoms with Gasteiger partial charge in [0.1, 0.15) is 5.75 Å². The Kier molecular flexibility index (Phi) is 3.04. The zero-order valence-corrected chi connectivity index (χ0v) is 6.49. The predicted octanol–water partition coefficient (Wildman–Crippen LogP) is 0.363. The molecule has 4 nitrogen and oxygen atoms in total. The lowest BCUT2D eigenvalue weighted by molar-refractivity contribution is 0.161. The molecule has 1 aromatic carbocycles. The zero-order chi connectivity index (χ0) is 8.97. The Labute approximate surface area is 70.0 Å². The molecule has 0 saturated heterocycles. The molecule has 0 bridgehead atoms. The van der Waals surface area contributed by atoms with E-state index in [1.807, 2.05) is 5.48 Å². The first kappa shape index (κ1) is 8.99. The number of rotatable bonds is 3. The molecule has 0 aliphatic carbocycles. The van der Waals surface area contributed by atoms with Gasteiger partial charge in [0.15, 0.2) is 0 Å². The second kappa shape index (κ2) is 4.06. The van der Waals surface area contributed by atoms with Gasteiger partial charge in [-0.2, -0.15) is 0 Å². The third-order valence-electron chi connectivity index (χ3n) is 1.60. The van der Waals surface area contributed by atoms with Crippen LogP contribution in [0.3, 0.4) is 0 Å². The summed E-state index contributed by atoms with van der Waals surface area (Å²) in [5, 5.41) is 26.3. The topological polar surface area (TPSA) is 72.7 Å². The maximum absolute atomic E-state index is 9.25. The molecule has 4 heteroatoms. The van der Waals surface area contributed by atoms with Crippen LogP contribution in [0.25, 0.3) is 0 Å². The second-order valence-corrected chi connectivity index (χ2v) is 2.46. The SMILES string of the molecule is OCc1ccc(CNO)cc1O. The summed E-state index contributed by atoms with van der Waals surface area (Å²) in [5.74, 6) is 0.0465. The maximum atomic E-state index is 9.25. The Bertz CT molecular complexity index is 262. The highest BCUT2D eigenvalue weighted by Gasteiger charge is 2.00. The van der Waals surface area contributed by atoms with Gasteiger partial charge in [0.25, 0.3) is 0 Å². The van der Waals surface area contributed by atoms with Crippen molar-refractivity contribution in [3.63, 3.8) is 0 Å². The maximum Gasteiger partial charge on any atom is 0.121 e. The van der Waals surface area contributed by atoms with Crippen LogP contribution in [0.4, 0.5) is 0 Å². The van der Waals surface area contributed by atoms with E-state index in [1.54, 1.807) is 12.1 Å². The summed E-state index contributed by atoms with van der Waals surface area (Å²) < 4.78 is 0. The molecule has 0 saturated carbocycles. The van der Waals surface area contributed by atoms with E-state index in [-0.39, 0.29) is 18.9 Å². The third-order valence-corrected chi connectivity index (χ3v) is 1.60. The molecule has 66 valence electrons. The average molecular weight is 169 g/mol. The van der Waals surface area contributed by atoms with Gasteiger partial charge in [-0.05, 0) is 11.6 Å². The molecule has 0 heterocycles. The molecule has 1 aromatic rings. The molecule has 1 rings (SSSR count). The van der Waals surface area contributed by atoms with E-state index in [2.05, 4.69) is 0 Å².